The van der Waals surface area contributed by atoms with Crippen LogP contribution in [0, 0.1) is 5.92 Å². The molecule has 0 amide bonds. The molecule has 68 heavy (non-hydrogen) atoms. The number of aliphatic imine (C=N–C) groups is 2. The quantitative estimate of drug-likeness (QED) is 0.170. The van der Waals surface area contributed by atoms with Crippen molar-refractivity contribution in [1.29, 1.82) is 0 Å². The van der Waals surface area contributed by atoms with Crippen LogP contribution in [0.5, 0.6) is 0 Å². The highest BCUT2D eigenvalue weighted by atomic mass is 16.3. The van der Waals surface area contributed by atoms with Gasteiger partial charge in [0.1, 0.15) is 11.2 Å². The number of amidine groups is 1. The monoisotopic (exact) mass is 872 g/mol. The molecule has 5 nitrogen and oxygen atoms in total. The maximum Gasteiger partial charge on any atom is 0.155 e. The first kappa shape index (κ1) is 38.7. The van der Waals surface area contributed by atoms with E-state index in [9.17, 15) is 0 Å². The van der Waals surface area contributed by atoms with Crippen LogP contribution in [0.3, 0.4) is 0 Å². The smallest absolute Gasteiger partial charge is 0.155 e. The molecule has 14 rings (SSSR count). The molecular weight excluding hydrogens is 829 g/mol. The van der Waals surface area contributed by atoms with E-state index < -0.39 is 0 Å². The van der Waals surface area contributed by atoms with Gasteiger partial charge >= 0.3 is 0 Å². The molecule has 0 bridgehead atoms. The van der Waals surface area contributed by atoms with Crippen molar-refractivity contribution in [3.05, 3.63) is 229 Å². The molecule has 0 N–H and O–H groups in total. The highest BCUT2D eigenvalue weighted by molar-refractivity contribution is 6.24. The lowest BCUT2D eigenvalue weighted by Crippen LogP contribution is -2.18. The second-order valence-electron chi connectivity index (χ2n) is 18.5. The summed E-state index contributed by atoms with van der Waals surface area (Å²) in [6.45, 7) is 2.37. The summed E-state index contributed by atoms with van der Waals surface area (Å²) in [7, 11) is 0. The predicted molar refractivity (Wildman–Crippen MR) is 285 cm³/mol. The van der Waals surface area contributed by atoms with Crippen LogP contribution in [0.4, 0.5) is 0 Å². The minimum Gasteiger partial charge on any atom is -0.456 e. The summed E-state index contributed by atoms with van der Waals surface area (Å²) in [6, 6.07) is 76.5. The molecule has 1 aliphatic rings. The molecule has 1 aliphatic heterocycles. The van der Waals surface area contributed by atoms with Crippen LogP contribution in [0.2, 0.25) is 0 Å². The van der Waals surface area contributed by atoms with E-state index in [0.717, 1.165) is 90.8 Å². The maximum absolute atomic E-state index is 6.86. The zero-order valence-electron chi connectivity index (χ0n) is 37.5. The van der Waals surface area contributed by atoms with Gasteiger partial charge in [0.05, 0.1) is 44.9 Å². The van der Waals surface area contributed by atoms with Gasteiger partial charge in [-0.2, -0.15) is 0 Å². The summed E-state index contributed by atoms with van der Waals surface area (Å²) >= 11 is 0. The summed E-state index contributed by atoms with van der Waals surface area (Å²) < 4.78 is 11.7. The summed E-state index contributed by atoms with van der Waals surface area (Å²) in [5.74, 6) is 0.887. The van der Waals surface area contributed by atoms with Gasteiger partial charge in [-0.25, -0.2) is 4.99 Å². The third-order valence-electron chi connectivity index (χ3n) is 14.5. The van der Waals surface area contributed by atoms with Gasteiger partial charge in [0.25, 0.3) is 0 Å². The lowest BCUT2D eigenvalue weighted by atomic mass is 9.87. The number of rotatable bonds is 5. The normalized spacial score (nSPS) is 15.8. The Morgan fingerprint density at radius 1 is 0.471 bits per heavy atom. The Balaban J connectivity index is 1.02. The maximum atomic E-state index is 6.86. The molecule has 13 aromatic rings. The standard InChI is InChI=1S/C63H44N4O/c1-39-30-33-52(48-25-15-28-55-60(48)49-23-10-13-27-54(49)66(55)46-20-3-2-4-21-46)64-63(44-32-31-40-16-5-6-17-41(40)34-44)65-62(39)45-37-57(61-50-24-11-14-29-58(50)68-59(61)38-45)67-53-26-12-9-22-47(53)51-35-42-18-7-8-19-43(42)36-56(51)67/h2-29,31-32,34-39,62H,30,33H2,1H3. The van der Waals surface area contributed by atoms with Crippen molar-refractivity contribution >= 4 is 98.6 Å². The lowest BCUT2D eigenvalue weighted by molar-refractivity contribution is 0.446. The Morgan fingerprint density at radius 3 is 1.96 bits per heavy atom. The molecule has 0 aliphatic carbocycles. The second-order valence-corrected chi connectivity index (χ2v) is 18.5. The second kappa shape index (κ2) is 15.3. The number of hydrogen-bond donors (Lipinski definition) is 0. The number of hydrogen-bond acceptors (Lipinski definition) is 3. The van der Waals surface area contributed by atoms with Gasteiger partial charge in [0.15, 0.2) is 5.84 Å². The number of benzene rings is 10. The zero-order chi connectivity index (χ0) is 44.9. The van der Waals surface area contributed by atoms with E-state index in [1.54, 1.807) is 0 Å². The average molecular weight is 873 g/mol. The molecule has 5 heteroatoms. The van der Waals surface area contributed by atoms with Crippen molar-refractivity contribution in [2.24, 2.45) is 15.9 Å². The largest absolute Gasteiger partial charge is 0.456 e. The van der Waals surface area contributed by atoms with E-state index in [2.05, 4.69) is 228 Å². The first-order valence-corrected chi connectivity index (χ1v) is 23.7. The summed E-state index contributed by atoms with van der Waals surface area (Å²) in [5, 5.41) is 11.9. The van der Waals surface area contributed by atoms with E-state index in [1.165, 1.54) is 48.7 Å². The zero-order valence-corrected chi connectivity index (χ0v) is 37.5. The van der Waals surface area contributed by atoms with E-state index in [1.807, 2.05) is 0 Å². The number of furan rings is 1. The Kier molecular flexibility index (Phi) is 8.69. The average Bonchev–Trinajstić information content (AvgIpc) is 4.04. The molecule has 0 spiro atoms. The highest BCUT2D eigenvalue weighted by Gasteiger charge is 2.28. The first-order valence-electron chi connectivity index (χ1n) is 23.7. The molecule has 0 saturated heterocycles. The van der Waals surface area contributed by atoms with Crippen LogP contribution in [0.1, 0.15) is 42.5 Å². The van der Waals surface area contributed by atoms with Crippen LogP contribution in [-0.2, 0) is 0 Å². The third-order valence-corrected chi connectivity index (χ3v) is 14.5. The lowest BCUT2D eigenvalue weighted by Gasteiger charge is -2.26. The molecule has 3 aromatic heterocycles. The van der Waals surface area contributed by atoms with Gasteiger partial charge in [-0.1, -0.05) is 153 Å². The SMILES string of the molecule is CC1CCC(c2cccc3c2c2ccccc2n3-c2ccccc2)=NC(c2ccc3ccccc3c2)=NC1c1cc(-n2c3ccccc3c3cc4ccccc4cc32)c2c(c1)oc1ccccc12. The third kappa shape index (κ3) is 6.02. The molecule has 4 heterocycles. The van der Waals surface area contributed by atoms with E-state index >= 15 is 0 Å². The molecular formula is C63H44N4O. The number of aromatic nitrogens is 2. The molecule has 0 saturated carbocycles. The fraction of sp³-hybridized carbons (Fsp3) is 0.0794. The fourth-order valence-electron chi connectivity index (χ4n) is 11.3. The molecule has 2 atom stereocenters. The predicted octanol–water partition coefficient (Wildman–Crippen LogP) is 16.5. The van der Waals surface area contributed by atoms with Crippen molar-refractivity contribution in [3.8, 4) is 11.4 Å². The fourth-order valence-corrected chi connectivity index (χ4v) is 11.3. The Hall–Kier alpha value is -8.54. The minimum absolute atomic E-state index is 0.151. The molecule has 0 fully saturated rings. The topological polar surface area (TPSA) is 47.7 Å². The molecule has 322 valence electrons. The highest BCUT2D eigenvalue weighted by Crippen LogP contribution is 2.44. The van der Waals surface area contributed by atoms with Gasteiger partial charge in [-0.15, -0.1) is 0 Å². The van der Waals surface area contributed by atoms with Crippen molar-refractivity contribution in [2.75, 3.05) is 0 Å². The van der Waals surface area contributed by atoms with Crippen molar-refractivity contribution < 1.29 is 4.42 Å². The van der Waals surface area contributed by atoms with Gasteiger partial charge < -0.3 is 13.6 Å². The molecule has 0 radical (unpaired) electrons. The molecule has 10 aromatic carbocycles. The summed E-state index contributed by atoms with van der Waals surface area (Å²) in [5.41, 5.74) is 12.9. The Labute approximate surface area is 392 Å². The Morgan fingerprint density at radius 2 is 1.13 bits per heavy atom. The summed E-state index contributed by atoms with van der Waals surface area (Å²) in [4.78, 5) is 11.6. The van der Waals surface area contributed by atoms with Crippen molar-refractivity contribution in [3.63, 3.8) is 0 Å². The number of para-hydroxylation sites is 4. The summed E-state index contributed by atoms with van der Waals surface area (Å²) in [6.07, 6.45) is 1.68. The Bertz CT molecular complexity index is 4240. The van der Waals surface area contributed by atoms with Crippen LogP contribution in [-0.4, -0.2) is 20.7 Å². The first-order chi connectivity index (χ1) is 33.6. The number of nitrogens with zero attached hydrogens (tertiary/aromatic N) is 4. The number of fused-ring (bicyclic) bond motifs is 11. The minimum atomic E-state index is -0.220. The van der Waals surface area contributed by atoms with Gasteiger partial charge in [0.2, 0.25) is 0 Å². The van der Waals surface area contributed by atoms with Crippen LogP contribution in [0.15, 0.2) is 227 Å². The van der Waals surface area contributed by atoms with E-state index in [0.29, 0.717) is 0 Å². The van der Waals surface area contributed by atoms with Crippen LogP contribution in [0.25, 0.3) is 98.5 Å². The van der Waals surface area contributed by atoms with E-state index in [-0.39, 0.29) is 12.0 Å². The van der Waals surface area contributed by atoms with Gasteiger partial charge in [-0.3, -0.25) is 4.99 Å². The van der Waals surface area contributed by atoms with Crippen molar-refractivity contribution in [1.82, 2.24) is 9.13 Å². The van der Waals surface area contributed by atoms with E-state index in [4.69, 9.17) is 14.4 Å². The van der Waals surface area contributed by atoms with Gasteiger partial charge in [0, 0.05) is 43.7 Å². The molecule has 2 unspecified atom stereocenters. The van der Waals surface area contributed by atoms with Crippen molar-refractivity contribution in [2.45, 2.75) is 25.8 Å². The van der Waals surface area contributed by atoms with Crippen LogP contribution < -0.4 is 0 Å². The van der Waals surface area contributed by atoms with Gasteiger partial charge in [-0.05, 0) is 113 Å². The van der Waals surface area contributed by atoms with Crippen LogP contribution >= 0.6 is 0 Å².